The molecule has 0 bridgehead atoms. The number of aryl methyl sites for hydroxylation is 1. The number of anilines is 1. The number of amides is 1. The Kier molecular flexibility index (Phi) is 7.31. The average Bonchev–Trinajstić information content (AvgIpc) is 3.66. The minimum Gasteiger partial charge on any atom is -0.469 e. The number of methoxy groups -OCH3 is 1. The first-order valence-corrected chi connectivity index (χ1v) is 14.4. The summed E-state index contributed by atoms with van der Waals surface area (Å²) in [5.74, 6) is -2.13. The molecule has 0 radical (unpaired) electrons. The molecule has 1 amide bonds. The second-order valence-corrected chi connectivity index (χ2v) is 12.4. The summed E-state index contributed by atoms with van der Waals surface area (Å²) in [5, 5.41) is 18.1. The van der Waals surface area contributed by atoms with Crippen molar-refractivity contribution in [3.63, 3.8) is 0 Å². The predicted octanol–water partition coefficient (Wildman–Crippen LogP) is 5.60. The molecule has 2 unspecified atom stereocenters. The van der Waals surface area contributed by atoms with E-state index >= 15 is 0 Å². The Balaban J connectivity index is 1.18. The lowest BCUT2D eigenvalue weighted by atomic mass is 9.80. The van der Waals surface area contributed by atoms with E-state index in [4.69, 9.17) is 16.3 Å². The molecule has 230 valence electrons. The summed E-state index contributed by atoms with van der Waals surface area (Å²) >= 11 is 5.85. The summed E-state index contributed by atoms with van der Waals surface area (Å²) in [4.78, 5) is 29.4. The molecular formula is C29H30ClF4N5O4. The van der Waals surface area contributed by atoms with Crippen LogP contribution in [0.1, 0.15) is 77.9 Å². The number of imidazole rings is 1. The quantitative estimate of drug-likeness (QED) is 0.273. The number of carbonyl (C=O) groups excluding carboxylic acids is 2. The number of nitrogens with zero attached hydrogens (tertiary/aromatic N) is 4. The van der Waals surface area contributed by atoms with Crippen LogP contribution < -0.4 is 5.32 Å². The number of alkyl halides is 3. The molecule has 3 saturated carbocycles. The van der Waals surface area contributed by atoms with Gasteiger partial charge in [0.15, 0.2) is 5.69 Å². The highest BCUT2D eigenvalue weighted by Gasteiger charge is 2.54. The van der Waals surface area contributed by atoms with Crippen LogP contribution in [0.4, 0.5) is 23.2 Å². The van der Waals surface area contributed by atoms with E-state index in [1.807, 2.05) is 0 Å². The molecule has 3 aromatic rings. The van der Waals surface area contributed by atoms with Gasteiger partial charge in [-0.2, -0.15) is 18.3 Å². The average molecular weight is 624 g/mol. The summed E-state index contributed by atoms with van der Waals surface area (Å²) in [6, 6.07) is 3.48. The zero-order chi connectivity index (χ0) is 30.8. The number of esters is 1. The van der Waals surface area contributed by atoms with E-state index in [-0.39, 0.29) is 53.1 Å². The molecule has 43 heavy (non-hydrogen) atoms. The van der Waals surface area contributed by atoms with E-state index in [1.54, 1.807) is 11.6 Å². The Morgan fingerprint density at radius 2 is 1.84 bits per heavy atom. The van der Waals surface area contributed by atoms with Crippen molar-refractivity contribution in [2.24, 2.45) is 24.8 Å². The molecule has 3 fully saturated rings. The maximum absolute atomic E-state index is 14.1. The first kappa shape index (κ1) is 29.6. The predicted molar refractivity (Wildman–Crippen MR) is 146 cm³/mol. The van der Waals surface area contributed by atoms with E-state index in [0.29, 0.717) is 42.8 Å². The third-order valence-electron chi connectivity index (χ3n) is 9.31. The van der Waals surface area contributed by atoms with E-state index in [1.165, 1.54) is 36.4 Å². The van der Waals surface area contributed by atoms with Crippen molar-refractivity contribution in [2.45, 2.75) is 62.3 Å². The van der Waals surface area contributed by atoms with E-state index < -0.39 is 35.2 Å². The maximum Gasteiger partial charge on any atom is 0.435 e. The molecule has 1 aromatic carbocycles. The summed E-state index contributed by atoms with van der Waals surface area (Å²) in [6.07, 6.45) is 0.0606. The molecule has 9 nitrogen and oxygen atoms in total. The number of halogens is 5. The molecule has 3 aliphatic rings. The van der Waals surface area contributed by atoms with Crippen molar-refractivity contribution >= 4 is 29.2 Å². The fourth-order valence-corrected chi connectivity index (χ4v) is 7.37. The highest BCUT2D eigenvalue weighted by Crippen LogP contribution is 2.58. The van der Waals surface area contributed by atoms with Crippen molar-refractivity contribution in [1.29, 1.82) is 0 Å². The normalized spacial score (nSPS) is 28.4. The van der Waals surface area contributed by atoms with Gasteiger partial charge in [0.2, 0.25) is 0 Å². The number of ether oxygens (including phenoxy) is 1. The zero-order valence-electron chi connectivity index (χ0n) is 23.4. The van der Waals surface area contributed by atoms with E-state index in [2.05, 4.69) is 15.4 Å². The van der Waals surface area contributed by atoms with Crippen LogP contribution in [-0.4, -0.2) is 43.4 Å². The third-order valence-corrected chi connectivity index (χ3v) is 9.60. The number of fused-ring (bicyclic) bond motifs is 1. The van der Waals surface area contributed by atoms with Gasteiger partial charge in [-0.25, -0.2) is 9.37 Å². The largest absolute Gasteiger partial charge is 0.469 e. The molecule has 2 aromatic heterocycles. The Morgan fingerprint density at radius 1 is 1.16 bits per heavy atom. The Morgan fingerprint density at radius 3 is 2.44 bits per heavy atom. The van der Waals surface area contributed by atoms with Crippen LogP contribution >= 0.6 is 11.6 Å². The first-order valence-electron chi connectivity index (χ1n) is 14.0. The maximum atomic E-state index is 14.1. The van der Waals surface area contributed by atoms with Crippen LogP contribution in [0.15, 0.2) is 30.7 Å². The number of benzene rings is 1. The van der Waals surface area contributed by atoms with Crippen LogP contribution in [0.2, 0.25) is 5.02 Å². The van der Waals surface area contributed by atoms with E-state index in [0.717, 1.165) is 6.07 Å². The molecule has 0 saturated heterocycles. The van der Waals surface area contributed by atoms with Crippen molar-refractivity contribution in [2.75, 3.05) is 12.4 Å². The minimum absolute atomic E-state index is 0.0827. The fraction of sp³-hybridized carbons (Fsp3) is 0.517. The van der Waals surface area contributed by atoms with Gasteiger partial charge in [0.1, 0.15) is 11.5 Å². The molecule has 3 aliphatic carbocycles. The molecule has 6 rings (SSSR count). The van der Waals surface area contributed by atoms with Gasteiger partial charge in [-0.3, -0.25) is 14.3 Å². The lowest BCUT2D eigenvalue weighted by Gasteiger charge is -2.33. The zero-order valence-corrected chi connectivity index (χ0v) is 24.1. The molecule has 2 heterocycles. The van der Waals surface area contributed by atoms with Gasteiger partial charge in [0, 0.05) is 30.4 Å². The summed E-state index contributed by atoms with van der Waals surface area (Å²) in [7, 11) is 2.96. The van der Waals surface area contributed by atoms with Gasteiger partial charge in [-0.15, -0.1) is 0 Å². The van der Waals surface area contributed by atoms with Crippen molar-refractivity contribution in [1.82, 2.24) is 19.3 Å². The summed E-state index contributed by atoms with van der Waals surface area (Å²) in [5.41, 5.74) is -1.82. The number of carbonyl (C=O) groups is 2. The van der Waals surface area contributed by atoms with Gasteiger partial charge < -0.3 is 19.7 Å². The third kappa shape index (κ3) is 5.30. The molecular weight excluding hydrogens is 594 g/mol. The highest BCUT2D eigenvalue weighted by atomic mass is 35.5. The Hall–Kier alpha value is -3.45. The standard InChI is InChI=1S/C29H30ClF4N5O4/c1-38-13-35-23(24(38)26(40)36-18-3-4-22(31)21(30)9-18)14-5-16-10-28(42,11-17(16)6-14)20-12-39(37-25(20)29(32,33)34)19-7-15(8-19)27(41)43-2/h3-4,9,12-17,19,42H,5-8,10-11H2,1-2H3,(H,36,40). The smallest absolute Gasteiger partial charge is 0.435 e. The van der Waals surface area contributed by atoms with Crippen molar-refractivity contribution in [3.05, 3.63) is 64.2 Å². The topological polar surface area (TPSA) is 111 Å². The Bertz CT molecular complexity index is 1570. The van der Waals surface area contributed by atoms with Crippen LogP contribution in [-0.2, 0) is 28.4 Å². The van der Waals surface area contributed by atoms with Crippen LogP contribution in [0.25, 0.3) is 0 Å². The van der Waals surface area contributed by atoms with Gasteiger partial charge in [-0.05, 0) is 68.6 Å². The molecule has 14 heteroatoms. The summed E-state index contributed by atoms with van der Waals surface area (Å²) < 4.78 is 63.4. The van der Waals surface area contributed by atoms with E-state index in [9.17, 15) is 32.3 Å². The first-order chi connectivity index (χ1) is 20.3. The number of hydrogen-bond acceptors (Lipinski definition) is 6. The van der Waals surface area contributed by atoms with Crippen molar-refractivity contribution in [3.8, 4) is 0 Å². The SMILES string of the molecule is COC(=O)C1CC(n2cc(C3(O)CC4CC(c5ncn(C)c5C(=O)Nc5ccc(F)c(Cl)c5)CC4C3)c(C(F)(F)F)n2)C1. The minimum atomic E-state index is -4.76. The van der Waals surface area contributed by atoms with Gasteiger partial charge in [-0.1, -0.05) is 11.6 Å². The number of aromatic nitrogens is 4. The van der Waals surface area contributed by atoms with Gasteiger partial charge >= 0.3 is 12.1 Å². The second-order valence-electron chi connectivity index (χ2n) is 12.0. The molecule has 2 atom stereocenters. The number of aliphatic hydroxyl groups is 1. The molecule has 0 spiro atoms. The van der Waals surface area contributed by atoms with Gasteiger partial charge in [0.05, 0.1) is 41.7 Å². The monoisotopic (exact) mass is 623 g/mol. The second kappa shape index (κ2) is 10.6. The number of rotatable bonds is 6. The fourth-order valence-electron chi connectivity index (χ4n) is 7.19. The summed E-state index contributed by atoms with van der Waals surface area (Å²) in [6.45, 7) is 0. The van der Waals surface area contributed by atoms with Crippen LogP contribution in [0.5, 0.6) is 0 Å². The van der Waals surface area contributed by atoms with Crippen LogP contribution in [0.3, 0.4) is 0 Å². The number of hydrogen-bond donors (Lipinski definition) is 2. The van der Waals surface area contributed by atoms with Crippen LogP contribution in [0, 0.1) is 23.6 Å². The lowest BCUT2D eigenvalue weighted by Crippen LogP contribution is -2.33. The molecule has 0 aliphatic heterocycles. The molecule has 2 N–H and O–H groups in total. The lowest BCUT2D eigenvalue weighted by molar-refractivity contribution is -0.150. The number of nitrogens with one attached hydrogen (secondary N) is 1. The van der Waals surface area contributed by atoms with Gasteiger partial charge in [0.25, 0.3) is 5.91 Å². The van der Waals surface area contributed by atoms with Crippen molar-refractivity contribution < 1.29 is 37.0 Å². The highest BCUT2D eigenvalue weighted by molar-refractivity contribution is 6.31. The Labute approximate surface area is 249 Å².